The van der Waals surface area contributed by atoms with Gasteiger partial charge in [0.05, 0.1) is 6.54 Å². The molecule has 0 bridgehead atoms. The van der Waals surface area contributed by atoms with Gasteiger partial charge < -0.3 is 15.0 Å². The van der Waals surface area contributed by atoms with Gasteiger partial charge in [-0.25, -0.2) is 0 Å². The summed E-state index contributed by atoms with van der Waals surface area (Å²) in [5.41, 5.74) is 1.92. The van der Waals surface area contributed by atoms with E-state index in [1.807, 2.05) is 59.3 Å². The summed E-state index contributed by atoms with van der Waals surface area (Å²) in [7, 11) is 0. The summed E-state index contributed by atoms with van der Waals surface area (Å²) in [6, 6.07) is 15.7. The molecule has 0 unspecified atom stereocenters. The Labute approximate surface area is 159 Å². The molecule has 1 saturated carbocycles. The lowest BCUT2D eigenvalue weighted by Crippen LogP contribution is -2.12. The average molecular weight is 362 g/mol. The number of hydrogen-bond donors (Lipinski definition) is 2. The topological polar surface area (TPSA) is 54.3 Å². The summed E-state index contributed by atoms with van der Waals surface area (Å²) in [5.74, 6) is 1.06. The minimum absolute atomic E-state index is 0.0780. The molecular weight excluding hydrogens is 336 g/mol. The first-order chi connectivity index (χ1) is 13.2. The van der Waals surface area contributed by atoms with Crippen molar-refractivity contribution >= 4 is 22.4 Å². The highest BCUT2D eigenvalue weighted by Crippen LogP contribution is 2.31. The number of aromatic hydroxyl groups is 1. The third-order valence-electron chi connectivity index (χ3n) is 5.59. The minimum atomic E-state index is 0.0780. The maximum atomic E-state index is 12.3. The van der Waals surface area contributed by atoms with Gasteiger partial charge in [-0.3, -0.25) is 4.79 Å². The second-order valence-corrected chi connectivity index (χ2v) is 7.61. The lowest BCUT2D eigenvalue weighted by molar-refractivity contribution is -0.116. The first-order valence-corrected chi connectivity index (χ1v) is 9.85. The maximum Gasteiger partial charge on any atom is 0.224 e. The zero-order chi connectivity index (χ0) is 18.6. The molecule has 0 saturated heterocycles. The van der Waals surface area contributed by atoms with Gasteiger partial charge in [0.2, 0.25) is 5.91 Å². The van der Waals surface area contributed by atoms with E-state index >= 15 is 0 Å². The average Bonchev–Trinajstić information content (AvgIpc) is 3.30. The van der Waals surface area contributed by atoms with Crippen molar-refractivity contribution in [2.75, 3.05) is 5.32 Å². The van der Waals surface area contributed by atoms with Gasteiger partial charge in [-0.2, -0.15) is 0 Å². The predicted octanol–water partition coefficient (Wildman–Crippen LogP) is 5.30. The van der Waals surface area contributed by atoms with E-state index in [-0.39, 0.29) is 11.8 Å². The van der Waals surface area contributed by atoms with Crippen molar-refractivity contribution < 1.29 is 9.90 Å². The summed E-state index contributed by atoms with van der Waals surface area (Å²) >= 11 is 0. The summed E-state index contributed by atoms with van der Waals surface area (Å²) in [6.07, 6.45) is 8.68. The molecule has 1 aromatic heterocycles. The highest BCUT2D eigenvalue weighted by Gasteiger charge is 2.16. The van der Waals surface area contributed by atoms with Crippen LogP contribution in [-0.2, 0) is 11.3 Å². The Bertz CT molecular complexity index is 924. The highest BCUT2D eigenvalue weighted by atomic mass is 16.3. The van der Waals surface area contributed by atoms with Crippen LogP contribution >= 0.6 is 0 Å². The largest absolute Gasteiger partial charge is 0.494 e. The van der Waals surface area contributed by atoms with Crippen LogP contribution in [-0.4, -0.2) is 15.6 Å². The number of benzene rings is 2. The fraction of sp³-hybridized carbons (Fsp3) is 0.348. The first-order valence-electron chi connectivity index (χ1n) is 9.85. The number of anilines is 1. The molecule has 1 fully saturated rings. The third-order valence-corrected chi connectivity index (χ3v) is 5.59. The van der Waals surface area contributed by atoms with Crippen molar-refractivity contribution in [2.45, 2.75) is 45.1 Å². The van der Waals surface area contributed by atoms with Crippen LogP contribution < -0.4 is 5.32 Å². The molecule has 4 rings (SSSR count). The Morgan fingerprint density at radius 2 is 1.89 bits per heavy atom. The van der Waals surface area contributed by atoms with Crippen LogP contribution in [0.15, 0.2) is 54.7 Å². The Morgan fingerprint density at radius 3 is 2.67 bits per heavy atom. The molecule has 1 aliphatic rings. The standard InChI is InChI=1S/C23H26N2O2/c26-22(13-10-17-6-4-5-7-17)24-20-11-12-21-19(14-20)16-25(23(21)27)15-18-8-2-1-3-9-18/h1-3,8-9,11-12,14,16-17,27H,4-7,10,13,15H2,(H,24,26). The SMILES string of the molecule is O=C(CCC1CCCC1)Nc1ccc2c(O)n(Cc3ccccc3)cc2c1. The Morgan fingerprint density at radius 1 is 1.11 bits per heavy atom. The zero-order valence-corrected chi connectivity index (χ0v) is 15.5. The molecule has 0 radical (unpaired) electrons. The van der Waals surface area contributed by atoms with Crippen LogP contribution in [0.25, 0.3) is 10.8 Å². The summed E-state index contributed by atoms with van der Waals surface area (Å²) in [5, 5.41) is 15.2. The van der Waals surface area contributed by atoms with Gasteiger partial charge in [0, 0.05) is 29.1 Å². The monoisotopic (exact) mass is 362 g/mol. The van der Waals surface area contributed by atoms with Crippen molar-refractivity contribution in [1.82, 2.24) is 4.57 Å². The number of nitrogens with zero attached hydrogens (tertiary/aromatic N) is 1. The van der Waals surface area contributed by atoms with Crippen LogP contribution in [0.4, 0.5) is 5.69 Å². The van der Waals surface area contributed by atoms with Crippen molar-refractivity contribution in [3.8, 4) is 5.88 Å². The Hall–Kier alpha value is -2.75. The molecule has 0 atom stereocenters. The molecule has 0 spiro atoms. The van der Waals surface area contributed by atoms with Crippen LogP contribution in [0.2, 0.25) is 0 Å². The van der Waals surface area contributed by atoms with Crippen LogP contribution in [0.5, 0.6) is 5.88 Å². The van der Waals surface area contributed by atoms with E-state index in [0.29, 0.717) is 13.0 Å². The van der Waals surface area contributed by atoms with Crippen molar-refractivity contribution in [3.05, 3.63) is 60.3 Å². The molecule has 4 heteroatoms. The molecule has 2 aromatic carbocycles. The van der Waals surface area contributed by atoms with Gasteiger partial charge >= 0.3 is 0 Å². The molecule has 1 heterocycles. The zero-order valence-electron chi connectivity index (χ0n) is 15.5. The van der Waals surface area contributed by atoms with Gasteiger partial charge in [-0.1, -0.05) is 56.0 Å². The Kier molecular flexibility index (Phi) is 5.14. The molecular formula is C23H26N2O2. The lowest BCUT2D eigenvalue weighted by Gasteiger charge is -2.09. The van der Waals surface area contributed by atoms with Crippen molar-refractivity contribution in [2.24, 2.45) is 5.92 Å². The Balaban J connectivity index is 1.44. The number of amides is 1. The summed E-state index contributed by atoms with van der Waals surface area (Å²) in [6.45, 7) is 0.616. The van der Waals surface area contributed by atoms with E-state index < -0.39 is 0 Å². The van der Waals surface area contributed by atoms with Crippen molar-refractivity contribution in [1.29, 1.82) is 0 Å². The lowest BCUT2D eigenvalue weighted by atomic mass is 10.0. The molecule has 0 aliphatic heterocycles. The van der Waals surface area contributed by atoms with E-state index in [0.717, 1.165) is 34.4 Å². The fourth-order valence-corrected chi connectivity index (χ4v) is 4.09. The quantitative estimate of drug-likeness (QED) is 0.625. The van der Waals surface area contributed by atoms with Crippen LogP contribution in [0, 0.1) is 5.92 Å². The van der Waals surface area contributed by atoms with Crippen LogP contribution in [0.3, 0.4) is 0 Å². The predicted molar refractivity (Wildman–Crippen MR) is 109 cm³/mol. The van der Waals surface area contributed by atoms with E-state index in [4.69, 9.17) is 0 Å². The summed E-state index contributed by atoms with van der Waals surface area (Å²) in [4.78, 5) is 12.3. The molecule has 27 heavy (non-hydrogen) atoms. The fourth-order valence-electron chi connectivity index (χ4n) is 4.09. The van der Waals surface area contributed by atoms with E-state index in [9.17, 15) is 9.90 Å². The number of carbonyl (C=O) groups excluding carboxylic acids is 1. The van der Waals surface area contributed by atoms with E-state index in [1.54, 1.807) is 0 Å². The van der Waals surface area contributed by atoms with Gasteiger partial charge in [-0.15, -0.1) is 0 Å². The number of aromatic nitrogens is 1. The molecule has 140 valence electrons. The maximum absolute atomic E-state index is 12.3. The number of nitrogens with one attached hydrogen (secondary N) is 1. The highest BCUT2D eigenvalue weighted by molar-refractivity contribution is 5.96. The number of carbonyl (C=O) groups is 1. The molecule has 3 aromatic rings. The molecule has 4 nitrogen and oxygen atoms in total. The van der Waals surface area contributed by atoms with Gasteiger partial charge in [0.1, 0.15) is 0 Å². The smallest absolute Gasteiger partial charge is 0.224 e. The molecule has 2 N–H and O–H groups in total. The summed E-state index contributed by atoms with van der Waals surface area (Å²) < 4.78 is 1.84. The van der Waals surface area contributed by atoms with Crippen LogP contribution in [0.1, 0.15) is 44.1 Å². The molecule has 1 aliphatic carbocycles. The normalized spacial score (nSPS) is 14.7. The molecule has 1 amide bonds. The minimum Gasteiger partial charge on any atom is -0.494 e. The van der Waals surface area contributed by atoms with E-state index in [2.05, 4.69) is 5.32 Å². The number of rotatable bonds is 6. The first kappa shape index (κ1) is 17.7. The van der Waals surface area contributed by atoms with Crippen molar-refractivity contribution in [3.63, 3.8) is 0 Å². The van der Waals surface area contributed by atoms with Gasteiger partial charge in [0.25, 0.3) is 0 Å². The number of hydrogen-bond acceptors (Lipinski definition) is 2. The van der Waals surface area contributed by atoms with Gasteiger partial charge in [-0.05, 0) is 36.1 Å². The van der Waals surface area contributed by atoms with E-state index in [1.165, 1.54) is 25.7 Å². The third kappa shape index (κ3) is 4.16. The second kappa shape index (κ2) is 7.87. The number of fused-ring (bicyclic) bond motifs is 1. The second-order valence-electron chi connectivity index (χ2n) is 7.61. The van der Waals surface area contributed by atoms with Gasteiger partial charge in [0.15, 0.2) is 5.88 Å².